The van der Waals surface area contributed by atoms with Crippen LogP contribution in [0.4, 0.5) is 5.82 Å². The number of carbonyl (C=O) groups is 1. The quantitative estimate of drug-likeness (QED) is 0.431. The molecule has 0 atom stereocenters. The smallest absolute Gasteiger partial charge is 0.332 e. The molecule has 1 fully saturated rings. The largest absolute Gasteiger partial charge is 0.384 e. The number of nitrogens with zero attached hydrogens (tertiary/aromatic N) is 5. The predicted molar refractivity (Wildman–Crippen MR) is 124 cm³/mol. The highest BCUT2D eigenvalue weighted by Crippen LogP contribution is 2.38. The Hall–Kier alpha value is -2.85. The number of Topliss-reactive ketones (excluding diaryl/α,β-unsaturated/α-hetero) is 1. The fourth-order valence-corrected chi connectivity index (χ4v) is 5.12. The van der Waals surface area contributed by atoms with E-state index in [2.05, 4.69) is 10.2 Å². The topological polar surface area (TPSA) is 118 Å². The number of hydrogen-bond acceptors (Lipinski definition) is 7. The second-order valence-electron chi connectivity index (χ2n) is 7.77. The van der Waals surface area contributed by atoms with Gasteiger partial charge in [-0.05, 0) is 25.0 Å². The highest BCUT2D eigenvalue weighted by atomic mass is 35.5. The Morgan fingerprint density at radius 2 is 1.84 bits per heavy atom. The summed E-state index contributed by atoms with van der Waals surface area (Å²) >= 11 is 7.61. The van der Waals surface area contributed by atoms with Crippen LogP contribution in [0.2, 0.25) is 5.02 Å². The fraction of sp³-hybridized carbons (Fsp3) is 0.381. The zero-order valence-corrected chi connectivity index (χ0v) is 19.3. The van der Waals surface area contributed by atoms with Gasteiger partial charge in [-0.1, -0.05) is 48.3 Å². The van der Waals surface area contributed by atoms with Crippen LogP contribution in [-0.2, 0) is 14.1 Å². The lowest BCUT2D eigenvalue weighted by molar-refractivity contribution is 0.102. The Balaban J connectivity index is 1.68. The molecule has 1 aliphatic carbocycles. The van der Waals surface area contributed by atoms with Crippen molar-refractivity contribution in [2.45, 2.75) is 36.9 Å². The maximum absolute atomic E-state index is 12.9. The molecule has 1 saturated carbocycles. The van der Waals surface area contributed by atoms with Crippen LogP contribution in [0.1, 0.15) is 42.1 Å². The standard InChI is InChI=1S/C21H23ClN6O3S/c1-26-17(23)16(19(30)27(2)21(26)31)15(29)11-32-20-25-24-18(13-9-5-6-10-14(13)22)28(20)12-7-3-4-8-12/h5-6,9-10,12H,3-4,7-8,11,23H2,1-2H3. The van der Waals surface area contributed by atoms with E-state index in [1.807, 2.05) is 22.8 Å². The van der Waals surface area contributed by atoms with Crippen LogP contribution in [0, 0.1) is 0 Å². The van der Waals surface area contributed by atoms with Gasteiger partial charge in [-0.15, -0.1) is 10.2 Å². The van der Waals surface area contributed by atoms with Gasteiger partial charge in [-0.2, -0.15) is 0 Å². The minimum atomic E-state index is -0.704. The van der Waals surface area contributed by atoms with Gasteiger partial charge in [0.05, 0.1) is 10.8 Å². The van der Waals surface area contributed by atoms with Gasteiger partial charge >= 0.3 is 5.69 Å². The third-order valence-corrected chi connectivity index (χ3v) is 7.06. The van der Waals surface area contributed by atoms with Crippen LogP contribution < -0.4 is 17.0 Å². The molecule has 11 heteroatoms. The number of anilines is 1. The van der Waals surface area contributed by atoms with Crippen molar-refractivity contribution in [3.8, 4) is 11.4 Å². The Bertz CT molecular complexity index is 1310. The first-order valence-electron chi connectivity index (χ1n) is 10.2. The zero-order chi connectivity index (χ0) is 23.0. The first kappa shape index (κ1) is 22.3. The van der Waals surface area contributed by atoms with E-state index in [-0.39, 0.29) is 23.2 Å². The van der Waals surface area contributed by atoms with E-state index in [1.165, 1.54) is 25.9 Å². The summed E-state index contributed by atoms with van der Waals surface area (Å²) in [5.41, 5.74) is 5.22. The Morgan fingerprint density at radius 1 is 1.16 bits per heavy atom. The molecule has 4 rings (SSSR count). The molecule has 32 heavy (non-hydrogen) atoms. The molecule has 0 radical (unpaired) electrons. The Morgan fingerprint density at radius 3 is 2.53 bits per heavy atom. The maximum Gasteiger partial charge on any atom is 0.332 e. The number of rotatable bonds is 6. The van der Waals surface area contributed by atoms with Gasteiger partial charge in [-0.25, -0.2) is 4.79 Å². The third-order valence-electron chi connectivity index (χ3n) is 5.79. The van der Waals surface area contributed by atoms with E-state index < -0.39 is 17.0 Å². The summed E-state index contributed by atoms with van der Waals surface area (Å²) in [6.45, 7) is 0. The summed E-state index contributed by atoms with van der Waals surface area (Å²) in [6, 6.07) is 7.66. The van der Waals surface area contributed by atoms with Gasteiger partial charge < -0.3 is 5.73 Å². The van der Waals surface area contributed by atoms with Crippen molar-refractivity contribution < 1.29 is 4.79 Å². The van der Waals surface area contributed by atoms with Crippen molar-refractivity contribution in [2.24, 2.45) is 14.1 Å². The number of benzene rings is 1. The molecule has 2 aromatic heterocycles. The summed E-state index contributed by atoms with van der Waals surface area (Å²) in [6.07, 6.45) is 4.20. The Kier molecular flexibility index (Phi) is 6.25. The SMILES string of the molecule is Cn1c(N)c(C(=O)CSc2nnc(-c3ccccc3Cl)n2C2CCCC2)c(=O)n(C)c1=O. The van der Waals surface area contributed by atoms with E-state index in [9.17, 15) is 14.4 Å². The average molecular weight is 475 g/mol. The molecule has 0 unspecified atom stereocenters. The minimum absolute atomic E-state index is 0.0645. The number of nitrogens with two attached hydrogens (primary N) is 1. The molecule has 2 heterocycles. The third kappa shape index (κ3) is 3.88. The number of nitrogen functional groups attached to an aromatic ring is 1. The maximum atomic E-state index is 12.9. The highest BCUT2D eigenvalue weighted by molar-refractivity contribution is 7.99. The van der Waals surface area contributed by atoms with Crippen molar-refractivity contribution in [2.75, 3.05) is 11.5 Å². The number of carbonyl (C=O) groups excluding carboxylic acids is 1. The summed E-state index contributed by atoms with van der Waals surface area (Å²) in [5.74, 6) is -0.0120. The van der Waals surface area contributed by atoms with E-state index in [0.717, 1.165) is 40.4 Å². The first-order valence-corrected chi connectivity index (χ1v) is 11.6. The molecule has 168 valence electrons. The number of halogens is 1. The van der Waals surface area contributed by atoms with Crippen molar-refractivity contribution in [1.82, 2.24) is 23.9 Å². The predicted octanol–water partition coefficient (Wildman–Crippen LogP) is 2.67. The normalized spacial score (nSPS) is 14.2. The summed E-state index contributed by atoms with van der Waals surface area (Å²) in [4.78, 5) is 37.5. The van der Waals surface area contributed by atoms with Crippen molar-refractivity contribution >= 4 is 35.0 Å². The van der Waals surface area contributed by atoms with Crippen LogP contribution in [0.25, 0.3) is 11.4 Å². The molecule has 2 N–H and O–H groups in total. The fourth-order valence-electron chi connectivity index (χ4n) is 4.02. The molecule has 0 bridgehead atoms. The van der Waals surface area contributed by atoms with Gasteiger partial charge in [-0.3, -0.25) is 23.3 Å². The summed E-state index contributed by atoms with van der Waals surface area (Å²) in [7, 11) is 2.74. The summed E-state index contributed by atoms with van der Waals surface area (Å²) in [5, 5.41) is 9.87. The van der Waals surface area contributed by atoms with Gasteiger partial charge in [0.2, 0.25) is 0 Å². The van der Waals surface area contributed by atoms with E-state index >= 15 is 0 Å². The van der Waals surface area contributed by atoms with Gasteiger partial charge in [0, 0.05) is 25.7 Å². The lowest BCUT2D eigenvalue weighted by Crippen LogP contribution is -2.41. The summed E-state index contributed by atoms with van der Waals surface area (Å²) < 4.78 is 4.02. The highest BCUT2D eigenvalue weighted by Gasteiger charge is 2.27. The number of hydrogen-bond donors (Lipinski definition) is 1. The van der Waals surface area contributed by atoms with Crippen LogP contribution in [0.15, 0.2) is 39.0 Å². The first-order chi connectivity index (χ1) is 15.3. The van der Waals surface area contributed by atoms with E-state index in [1.54, 1.807) is 6.07 Å². The van der Waals surface area contributed by atoms with Crippen LogP contribution >= 0.6 is 23.4 Å². The van der Waals surface area contributed by atoms with Crippen molar-refractivity contribution in [3.05, 3.63) is 55.7 Å². The molecule has 3 aromatic rings. The lowest BCUT2D eigenvalue weighted by Gasteiger charge is -2.17. The van der Waals surface area contributed by atoms with Gasteiger partial charge in [0.25, 0.3) is 5.56 Å². The van der Waals surface area contributed by atoms with Crippen LogP contribution in [0.5, 0.6) is 0 Å². The monoisotopic (exact) mass is 474 g/mol. The van der Waals surface area contributed by atoms with Crippen LogP contribution in [-0.4, -0.2) is 35.4 Å². The molecule has 0 spiro atoms. The van der Waals surface area contributed by atoms with Crippen molar-refractivity contribution in [1.29, 1.82) is 0 Å². The molecule has 9 nitrogen and oxygen atoms in total. The molecule has 1 aliphatic rings. The van der Waals surface area contributed by atoms with E-state index in [0.29, 0.717) is 16.0 Å². The Labute approximate surface area is 193 Å². The van der Waals surface area contributed by atoms with E-state index in [4.69, 9.17) is 17.3 Å². The average Bonchev–Trinajstić information content (AvgIpc) is 3.45. The molecular formula is C21H23ClN6O3S. The number of ketones is 1. The number of aromatic nitrogens is 5. The second-order valence-corrected chi connectivity index (χ2v) is 9.12. The molecular weight excluding hydrogens is 452 g/mol. The minimum Gasteiger partial charge on any atom is -0.384 e. The lowest BCUT2D eigenvalue weighted by atomic mass is 10.2. The molecule has 0 saturated heterocycles. The van der Waals surface area contributed by atoms with Crippen molar-refractivity contribution in [3.63, 3.8) is 0 Å². The van der Waals surface area contributed by atoms with Gasteiger partial charge in [0.1, 0.15) is 11.4 Å². The molecule has 0 amide bonds. The second kappa shape index (κ2) is 8.95. The zero-order valence-electron chi connectivity index (χ0n) is 17.7. The molecule has 1 aromatic carbocycles. The molecule has 0 aliphatic heterocycles. The van der Waals surface area contributed by atoms with Gasteiger partial charge in [0.15, 0.2) is 16.8 Å². The number of thioether (sulfide) groups is 1. The van der Waals surface area contributed by atoms with Crippen LogP contribution in [0.3, 0.4) is 0 Å².